The van der Waals surface area contributed by atoms with E-state index < -0.39 is 5.91 Å². The molecule has 0 aliphatic heterocycles. The van der Waals surface area contributed by atoms with Gasteiger partial charge >= 0.3 is 0 Å². The Kier molecular flexibility index (Phi) is 5.99. The summed E-state index contributed by atoms with van der Waals surface area (Å²) < 4.78 is 8.33. The van der Waals surface area contributed by atoms with Gasteiger partial charge in [0.1, 0.15) is 17.0 Å². The molecule has 9 nitrogen and oxygen atoms in total. The monoisotopic (exact) mass is 489 g/mol. The summed E-state index contributed by atoms with van der Waals surface area (Å²) in [6, 6.07) is 18.5. The van der Waals surface area contributed by atoms with Crippen molar-refractivity contribution >= 4 is 28.6 Å². The molecule has 0 unspecified atom stereocenters. The zero-order valence-corrected chi connectivity index (χ0v) is 20.5. The largest absolute Gasteiger partial charge is 0.436 e. The minimum absolute atomic E-state index is 0.220. The summed E-state index contributed by atoms with van der Waals surface area (Å²) in [4.78, 5) is 24.8. The molecule has 9 heteroatoms. The van der Waals surface area contributed by atoms with E-state index in [0.717, 1.165) is 39.0 Å². The minimum Gasteiger partial charge on any atom is -0.436 e. The molecule has 182 valence electrons. The molecule has 0 atom stereocenters. The van der Waals surface area contributed by atoms with E-state index in [0.29, 0.717) is 23.1 Å². The lowest BCUT2D eigenvalue weighted by molar-refractivity contribution is 0.0995. The molecule has 3 aromatic heterocycles. The van der Waals surface area contributed by atoms with Crippen LogP contribution >= 0.6 is 0 Å². The van der Waals surface area contributed by atoms with Gasteiger partial charge in [-0.2, -0.15) is 10.2 Å². The summed E-state index contributed by atoms with van der Waals surface area (Å²) in [5, 5.41) is 12.2. The van der Waals surface area contributed by atoms with Gasteiger partial charge in [-0.1, -0.05) is 6.07 Å². The maximum atomic E-state index is 11.3. The van der Waals surface area contributed by atoms with Crippen molar-refractivity contribution in [3.8, 4) is 28.8 Å². The predicted molar refractivity (Wildman–Crippen MR) is 141 cm³/mol. The molecule has 0 bridgehead atoms. The third-order valence-electron chi connectivity index (χ3n) is 5.97. The van der Waals surface area contributed by atoms with Crippen molar-refractivity contribution in [3.05, 3.63) is 89.4 Å². The lowest BCUT2D eigenvalue weighted by Gasteiger charge is -2.15. The Morgan fingerprint density at radius 3 is 2.38 bits per heavy atom. The second kappa shape index (κ2) is 9.43. The predicted octanol–water partition coefficient (Wildman–Crippen LogP) is 5.15. The van der Waals surface area contributed by atoms with E-state index in [1.165, 1.54) is 0 Å². The fraction of sp³-hybridized carbons (Fsp3) is 0.107. The summed E-state index contributed by atoms with van der Waals surface area (Å²) in [6.45, 7) is 3.94. The van der Waals surface area contributed by atoms with Gasteiger partial charge in [0, 0.05) is 30.7 Å². The second-order valence-corrected chi connectivity index (χ2v) is 8.66. The van der Waals surface area contributed by atoms with E-state index >= 15 is 0 Å². The molecule has 0 spiro atoms. The van der Waals surface area contributed by atoms with Gasteiger partial charge in [-0.25, -0.2) is 4.98 Å². The van der Waals surface area contributed by atoms with Crippen LogP contribution in [0.1, 0.15) is 27.2 Å². The molecule has 0 fully saturated rings. The molecule has 1 amide bonds. The van der Waals surface area contributed by atoms with E-state index in [1.54, 1.807) is 36.5 Å². The molecular weight excluding hydrogens is 466 g/mol. The van der Waals surface area contributed by atoms with Crippen LogP contribution < -0.4 is 15.8 Å². The third kappa shape index (κ3) is 4.68. The summed E-state index contributed by atoms with van der Waals surface area (Å²) in [7, 11) is 1.91. The SMILES string of the molecule is Cc1cc(-c2ccc(C(N)=O)nc2)cc(C)c1Oc1nc(Nc2ccc(C#N)cc2)nc2ccn(C)c12. The summed E-state index contributed by atoms with van der Waals surface area (Å²) in [6.07, 6.45) is 3.54. The Labute approximate surface area is 213 Å². The normalized spacial score (nSPS) is 10.8. The van der Waals surface area contributed by atoms with Crippen LogP contribution in [0.5, 0.6) is 11.6 Å². The van der Waals surface area contributed by atoms with Crippen molar-refractivity contribution in [2.24, 2.45) is 12.8 Å². The Bertz CT molecular complexity index is 1660. The number of rotatable bonds is 6. The number of carbonyl (C=O) groups is 1. The van der Waals surface area contributed by atoms with Crippen molar-refractivity contribution < 1.29 is 9.53 Å². The molecule has 37 heavy (non-hydrogen) atoms. The third-order valence-corrected chi connectivity index (χ3v) is 5.97. The number of ether oxygens (including phenoxy) is 1. The maximum absolute atomic E-state index is 11.3. The molecular formula is C28H23N7O2. The number of fused-ring (bicyclic) bond motifs is 1. The maximum Gasteiger partial charge on any atom is 0.267 e. The lowest BCUT2D eigenvalue weighted by atomic mass is 10.0. The fourth-order valence-electron chi connectivity index (χ4n) is 4.12. The van der Waals surface area contributed by atoms with Crippen LogP contribution in [0.4, 0.5) is 11.6 Å². The van der Waals surface area contributed by atoms with E-state index in [-0.39, 0.29) is 5.69 Å². The van der Waals surface area contributed by atoms with Crippen LogP contribution in [-0.2, 0) is 7.05 Å². The van der Waals surface area contributed by atoms with E-state index in [1.807, 2.05) is 55.9 Å². The molecule has 5 aromatic rings. The van der Waals surface area contributed by atoms with E-state index in [4.69, 9.17) is 15.7 Å². The molecule has 0 saturated heterocycles. The Hall–Kier alpha value is -5.23. The van der Waals surface area contributed by atoms with Gasteiger partial charge in [-0.05, 0) is 79.1 Å². The zero-order chi connectivity index (χ0) is 26.1. The zero-order valence-electron chi connectivity index (χ0n) is 20.5. The number of pyridine rings is 1. The molecule has 5 rings (SSSR count). The number of nitrogens with zero attached hydrogens (tertiary/aromatic N) is 5. The Balaban J connectivity index is 1.50. The van der Waals surface area contributed by atoms with Crippen LogP contribution in [0.15, 0.2) is 67.0 Å². The average Bonchev–Trinajstić information content (AvgIpc) is 3.27. The number of aryl methyl sites for hydroxylation is 3. The smallest absolute Gasteiger partial charge is 0.267 e. The number of amides is 1. The summed E-state index contributed by atoms with van der Waals surface area (Å²) in [5.74, 6) is 0.926. The van der Waals surface area contributed by atoms with Gasteiger partial charge < -0.3 is 20.4 Å². The Morgan fingerprint density at radius 1 is 1.03 bits per heavy atom. The first-order valence-electron chi connectivity index (χ1n) is 11.5. The summed E-state index contributed by atoms with van der Waals surface area (Å²) >= 11 is 0. The van der Waals surface area contributed by atoms with Crippen LogP contribution in [0.2, 0.25) is 0 Å². The first kappa shape index (κ1) is 23.5. The number of aromatic nitrogens is 4. The highest BCUT2D eigenvalue weighted by Crippen LogP contribution is 2.36. The highest BCUT2D eigenvalue weighted by Gasteiger charge is 2.17. The molecule has 0 aliphatic rings. The van der Waals surface area contributed by atoms with Crippen LogP contribution in [-0.4, -0.2) is 25.4 Å². The molecule has 0 radical (unpaired) electrons. The number of nitriles is 1. The first-order chi connectivity index (χ1) is 17.8. The van der Waals surface area contributed by atoms with Crippen molar-refractivity contribution in [1.82, 2.24) is 19.5 Å². The number of anilines is 2. The van der Waals surface area contributed by atoms with Crippen molar-refractivity contribution in [2.75, 3.05) is 5.32 Å². The first-order valence-corrected chi connectivity index (χ1v) is 11.5. The van der Waals surface area contributed by atoms with Gasteiger partial charge in [0.15, 0.2) is 0 Å². The van der Waals surface area contributed by atoms with Crippen molar-refractivity contribution in [3.63, 3.8) is 0 Å². The van der Waals surface area contributed by atoms with E-state index in [9.17, 15) is 4.79 Å². The van der Waals surface area contributed by atoms with Gasteiger partial charge in [0.05, 0.1) is 17.1 Å². The second-order valence-electron chi connectivity index (χ2n) is 8.66. The standard InChI is InChI=1S/C28H23N7O2/c1-16-12-20(19-6-9-23(26(30)36)31-15-19)13-17(2)25(16)37-27-24-22(10-11-35(24)3)33-28(34-27)32-21-7-4-18(14-29)5-8-21/h4-13,15H,1-3H3,(H2,30,36)(H,32,33,34). The van der Waals surface area contributed by atoms with Crippen LogP contribution in [0.3, 0.4) is 0 Å². The number of hydrogen-bond donors (Lipinski definition) is 2. The minimum atomic E-state index is -0.562. The fourth-order valence-corrected chi connectivity index (χ4v) is 4.12. The van der Waals surface area contributed by atoms with Gasteiger partial charge in [-0.3, -0.25) is 9.78 Å². The topological polar surface area (TPSA) is 132 Å². The number of primary amides is 1. The summed E-state index contributed by atoms with van der Waals surface area (Å²) in [5.41, 5.74) is 12.0. The lowest BCUT2D eigenvalue weighted by Crippen LogP contribution is -2.12. The van der Waals surface area contributed by atoms with Crippen LogP contribution in [0, 0.1) is 25.2 Å². The highest BCUT2D eigenvalue weighted by atomic mass is 16.5. The molecule has 3 N–H and O–H groups in total. The van der Waals surface area contributed by atoms with Gasteiger partial charge in [0.2, 0.25) is 11.8 Å². The van der Waals surface area contributed by atoms with Crippen LogP contribution in [0.25, 0.3) is 22.2 Å². The number of benzene rings is 2. The Morgan fingerprint density at radius 2 is 1.76 bits per heavy atom. The number of hydrogen-bond acceptors (Lipinski definition) is 7. The van der Waals surface area contributed by atoms with E-state index in [2.05, 4.69) is 26.3 Å². The van der Waals surface area contributed by atoms with Gasteiger partial charge in [-0.15, -0.1) is 0 Å². The number of nitrogens with one attached hydrogen (secondary N) is 1. The average molecular weight is 490 g/mol. The molecule has 0 aliphatic carbocycles. The molecule has 0 saturated carbocycles. The van der Waals surface area contributed by atoms with Crippen molar-refractivity contribution in [2.45, 2.75) is 13.8 Å². The van der Waals surface area contributed by atoms with Crippen molar-refractivity contribution in [1.29, 1.82) is 5.26 Å². The van der Waals surface area contributed by atoms with Gasteiger partial charge in [0.25, 0.3) is 5.91 Å². The highest BCUT2D eigenvalue weighted by molar-refractivity contribution is 5.91. The quantitative estimate of drug-likeness (QED) is 0.337. The molecule has 3 heterocycles. The number of nitrogens with two attached hydrogens (primary N) is 1. The molecule has 2 aromatic carbocycles. The number of carbonyl (C=O) groups excluding carboxylic acids is 1.